The number of alkyl halides is 3. The van der Waals surface area contributed by atoms with Crippen molar-refractivity contribution in [1.29, 1.82) is 0 Å². The van der Waals surface area contributed by atoms with Crippen LogP contribution in [-0.2, 0) is 15.8 Å². The van der Waals surface area contributed by atoms with Crippen molar-refractivity contribution in [2.75, 3.05) is 47.0 Å². The van der Waals surface area contributed by atoms with Crippen molar-refractivity contribution >= 4 is 46.3 Å². The van der Waals surface area contributed by atoms with Gasteiger partial charge in [0, 0.05) is 56.4 Å². The van der Waals surface area contributed by atoms with E-state index in [0.29, 0.717) is 43.8 Å². The number of nitrogens with zero attached hydrogens (tertiary/aromatic N) is 4. The van der Waals surface area contributed by atoms with Crippen LogP contribution in [0.3, 0.4) is 0 Å². The van der Waals surface area contributed by atoms with Crippen molar-refractivity contribution in [3.63, 3.8) is 0 Å². The monoisotopic (exact) mass is 543 g/mol. The first kappa shape index (κ1) is 27.4. The highest BCUT2D eigenvalue weighted by Crippen LogP contribution is 2.36. The summed E-state index contributed by atoms with van der Waals surface area (Å²) in [6, 6.07) is 10.4. The quantitative estimate of drug-likeness (QED) is 0.287. The van der Waals surface area contributed by atoms with E-state index >= 15 is 0 Å². The minimum absolute atomic E-state index is 0.0158. The maximum Gasteiger partial charge on any atom is 0.421 e. The normalized spacial score (nSPS) is 13.6. The second-order valence-corrected chi connectivity index (χ2v) is 8.64. The number of piperazine rings is 1. The molecule has 0 aliphatic carbocycles. The van der Waals surface area contributed by atoms with Crippen molar-refractivity contribution in [1.82, 2.24) is 14.9 Å². The number of benzene rings is 2. The molecule has 1 aromatic heterocycles. The minimum Gasteiger partial charge on any atom is -0.368 e. The highest BCUT2D eigenvalue weighted by molar-refractivity contribution is 5.99. The summed E-state index contributed by atoms with van der Waals surface area (Å²) in [4.78, 5) is 34.4. The molecule has 0 bridgehead atoms. The van der Waals surface area contributed by atoms with Crippen LogP contribution in [0, 0.1) is 5.82 Å². The fourth-order valence-corrected chi connectivity index (χ4v) is 3.95. The van der Waals surface area contributed by atoms with E-state index in [0.717, 1.165) is 6.08 Å². The number of anilines is 6. The lowest BCUT2D eigenvalue weighted by molar-refractivity contribution is -0.137. The Bertz CT molecular complexity index is 1390. The Morgan fingerprint density at radius 1 is 1.03 bits per heavy atom. The van der Waals surface area contributed by atoms with Crippen molar-refractivity contribution in [3.8, 4) is 0 Å². The van der Waals surface area contributed by atoms with Crippen LogP contribution in [-0.4, -0.2) is 52.9 Å². The molecule has 9 nitrogen and oxygen atoms in total. The van der Waals surface area contributed by atoms with Gasteiger partial charge in [0.1, 0.15) is 17.2 Å². The Morgan fingerprint density at radius 3 is 2.38 bits per heavy atom. The first-order valence-electron chi connectivity index (χ1n) is 11.9. The second kappa shape index (κ2) is 11.4. The molecule has 1 fully saturated rings. The van der Waals surface area contributed by atoms with E-state index in [9.17, 15) is 27.2 Å². The molecule has 0 spiro atoms. The van der Waals surface area contributed by atoms with Crippen molar-refractivity contribution in [2.45, 2.75) is 13.1 Å². The number of carbonyl (C=O) groups excluding carboxylic acids is 2. The zero-order chi connectivity index (χ0) is 28.2. The van der Waals surface area contributed by atoms with Gasteiger partial charge in [-0.1, -0.05) is 12.6 Å². The zero-order valence-corrected chi connectivity index (χ0v) is 20.8. The van der Waals surface area contributed by atoms with E-state index in [1.807, 2.05) is 4.90 Å². The lowest BCUT2D eigenvalue weighted by Crippen LogP contribution is -2.48. The summed E-state index contributed by atoms with van der Waals surface area (Å²) in [5.74, 6) is -1.97. The Morgan fingerprint density at radius 2 is 1.74 bits per heavy atom. The summed E-state index contributed by atoms with van der Waals surface area (Å²) >= 11 is 0. The fraction of sp³-hybridized carbons (Fsp3) is 0.231. The van der Waals surface area contributed by atoms with E-state index in [-0.39, 0.29) is 23.2 Å². The van der Waals surface area contributed by atoms with Crippen LogP contribution >= 0.6 is 0 Å². The number of hydrogen-bond acceptors (Lipinski definition) is 7. The largest absolute Gasteiger partial charge is 0.421 e. The number of amides is 2. The van der Waals surface area contributed by atoms with Crippen LogP contribution in [0.2, 0.25) is 0 Å². The summed E-state index contributed by atoms with van der Waals surface area (Å²) in [7, 11) is 0. The molecule has 0 unspecified atom stereocenters. The summed E-state index contributed by atoms with van der Waals surface area (Å²) in [5.41, 5.74) is -0.00131. The molecule has 39 heavy (non-hydrogen) atoms. The van der Waals surface area contributed by atoms with Gasteiger partial charge in [-0.2, -0.15) is 18.2 Å². The fourth-order valence-electron chi connectivity index (χ4n) is 3.95. The molecule has 4 rings (SSSR count). The predicted octanol–water partition coefficient (Wildman–Crippen LogP) is 4.91. The van der Waals surface area contributed by atoms with Gasteiger partial charge in [-0.25, -0.2) is 9.37 Å². The lowest BCUT2D eigenvalue weighted by atomic mass is 10.2. The molecule has 0 atom stereocenters. The van der Waals surface area contributed by atoms with Gasteiger partial charge in [-0.3, -0.25) is 9.59 Å². The van der Waals surface area contributed by atoms with Crippen molar-refractivity contribution < 1.29 is 27.2 Å². The molecule has 0 radical (unpaired) electrons. The van der Waals surface area contributed by atoms with E-state index in [2.05, 4.69) is 32.5 Å². The Kier molecular flexibility index (Phi) is 7.98. The van der Waals surface area contributed by atoms with Crippen LogP contribution in [0.15, 0.2) is 61.3 Å². The Labute approximate surface area is 221 Å². The third-order valence-corrected chi connectivity index (χ3v) is 5.96. The summed E-state index contributed by atoms with van der Waals surface area (Å²) in [5, 5.41) is 7.75. The van der Waals surface area contributed by atoms with Gasteiger partial charge in [-0.05, 0) is 42.5 Å². The molecule has 204 valence electrons. The number of halogens is 4. The number of aromatic nitrogens is 2. The summed E-state index contributed by atoms with van der Waals surface area (Å²) in [6.45, 7) is 6.99. The maximum atomic E-state index is 14.9. The van der Waals surface area contributed by atoms with Crippen LogP contribution in [0.25, 0.3) is 0 Å². The molecule has 3 N–H and O–H groups in total. The van der Waals surface area contributed by atoms with Crippen molar-refractivity contribution in [3.05, 3.63) is 72.7 Å². The summed E-state index contributed by atoms with van der Waals surface area (Å²) < 4.78 is 55.9. The Balaban J connectivity index is 1.54. The topological polar surface area (TPSA) is 102 Å². The van der Waals surface area contributed by atoms with E-state index in [1.54, 1.807) is 17.0 Å². The average Bonchev–Trinajstić information content (AvgIpc) is 2.89. The van der Waals surface area contributed by atoms with Crippen LogP contribution in [0.5, 0.6) is 0 Å². The molecule has 2 amide bonds. The molecule has 3 aromatic rings. The molecule has 0 saturated carbocycles. The minimum atomic E-state index is -4.77. The van der Waals surface area contributed by atoms with Gasteiger partial charge in [-0.15, -0.1) is 0 Å². The Hall–Kier alpha value is -4.68. The lowest BCUT2D eigenvalue weighted by Gasteiger charge is -2.35. The number of hydrogen-bond donors (Lipinski definition) is 3. The van der Waals surface area contributed by atoms with E-state index in [1.165, 1.54) is 37.3 Å². The number of nitrogens with one attached hydrogen (secondary N) is 3. The van der Waals surface area contributed by atoms with Crippen LogP contribution in [0.1, 0.15) is 12.5 Å². The highest BCUT2D eigenvalue weighted by atomic mass is 19.4. The first-order chi connectivity index (χ1) is 18.5. The van der Waals surface area contributed by atoms with Crippen LogP contribution in [0.4, 0.5) is 52.1 Å². The average molecular weight is 544 g/mol. The van der Waals surface area contributed by atoms with Gasteiger partial charge in [0.05, 0.1) is 5.69 Å². The van der Waals surface area contributed by atoms with E-state index < -0.39 is 29.3 Å². The maximum absolute atomic E-state index is 14.9. The van der Waals surface area contributed by atoms with Gasteiger partial charge in [0.25, 0.3) is 0 Å². The molecular weight excluding hydrogens is 518 g/mol. The zero-order valence-electron chi connectivity index (χ0n) is 20.8. The highest BCUT2D eigenvalue weighted by Gasteiger charge is 2.35. The molecule has 1 aliphatic heterocycles. The number of carbonyl (C=O) groups is 2. The molecular formula is C26H25F4N7O2. The molecule has 2 aromatic carbocycles. The van der Waals surface area contributed by atoms with E-state index in [4.69, 9.17) is 0 Å². The molecule has 13 heteroatoms. The van der Waals surface area contributed by atoms with Gasteiger partial charge in [0.15, 0.2) is 0 Å². The van der Waals surface area contributed by atoms with Gasteiger partial charge in [0.2, 0.25) is 17.8 Å². The van der Waals surface area contributed by atoms with Gasteiger partial charge >= 0.3 is 6.18 Å². The molecule has 1 aliphatic rings. The SMILES string of the molecule is C=CC(=O)Nc1cccc(Nc2nc(Nc3ccc(N4CCN(C(C)=O)CC4)cc3F)ncc2C(F)(F)F)c1. The molecule has 1 saturated heterocycles. The predicted molar refractivity (Wildman–Crippen MR) is 140 cm³/mol. The third-order valence-electron chi connectivity index (χ3n) is 5.96. The molecule has 2 heterocycles. The van der Waals surface area contributed by atoms with Crippen molar-refractivity contribution in [2.24, 2.45) is 0 Å². The second-order valence-electron chi connectivity index (χ2n) is 8.64. The standard InChI is InChI=1S/C26H25F4N7O2/c1-3-23(39)32-17-5-4-6-18(13-17)33-24-20(26(28,29)30)15-31-25(35-24)34-22-8-7-19(14-21(22)27)37-11-9-36(10-12-37)16(2)38/h3-8,13-15H,1,9-12H2,2H3,(H,32,39)(H2,31,33,34,35). The van der Waals surface area contributed by atoms with Gasteiger partial charge < -0.3 is 25.8 Å². The number of rotatable bonds is 7. The third kappa shape index (κ3) is 6.80. The summed E-state index contributed by atoms with van der Waals surface area (Å²) in [6.07, 6.45) is -3.11. The first-order valence-corrected chi connectivity index (χ1v) is 11.9. The van der Waals surface area contributed by atoms with Crippen LogP contribution < -0.4 is 20.9 Å². The smallest absolute Gasteiger partial charge is 0.368 e.